The lowest BCUT2D eigenvalue weighted by molar-refractivity contribution is -0.123. The molecule has 3 rings (SSSR count). The number of halogens is 1. The summed E-state index contributed by atoms with van der Waals surface area (Å²) in [7, 11) is -2.97. The van der Waals surface area contributed by atoms with Crippen LogP contribution in [0, 0.1) is 11.3 Å². The van der Waals surface area contributed by atoms with E-state index in [1.165, 1.54) is 31.9 Å². The molecule has 0 bridgehead atoms. The van der Waals surface area contributed by atoms with Crippen LogP contribution < -0.4 is 10.6 Å². The number of fused-ring (bicyclic) bond motifs is 1. The lowest BCUT2D eigenvalue weighted by Gasteiger charge is -2.24. The Morgan fingerprint density at radius 3 is 2.55 bits per heavy atom. The zero-order valence-electron chi connectivity index (χ0n) is 13.1. The van der Waals surface area contributed by atoms with E-state index in [9.17, 15) is 13.2 Å². The molecule has 3 atom stereocenters. The number of sulfone groups is 1. The molecule has 0 aromatic heterocycles. The molecule has 1 aliphatic heterocycles. The van der Waals surface area contributed by atoms with Crippen molar-refractivity contribution in [1.82, 2.24) is 10.6 Å². The van der Waals surface area contributed by atoms with Crippen LogP contribution in [-0.4, -0.2) is 45.0 Å². The highest BCUT2D eigenvalue weighted by molar-refractivity contribution is 7.90. The van der Waals surface area contributed by atoms with Gasteiger partial charge in [0.1, 0.15) is 9.84 Å². The van der Waals surface area contributed by atoms with Gasteiger partial charge in [-0.3, -0.25) is 4.79 Å². The number of hydrogen-bond donors (Lipinski definition) is 2. The van der Waals surface area contributed by atoms with Gasteiger partial charge >= 0.3 is 0 Å². The van der Waals surface area contributed by atoms with Crippen LogP contribution in [-0.2, 0) is 14.6 Å². The molecule has 3 aliphatic rings. The summed E-state index contributed by atoms with van der Waals surface area (Å²) in [6.45, 7) is 0.506. The molecule has 2 aliphatic carbocycles. The van der Waals surface area contributed by atoms with Gasteiger partial charge < -0.3 is 10.6 Å². The average molecular weight is 351 g/mol. The molecule has 0 aromatic rings. The molecule has 22 heavy (non-hydrogen) atoms. The molecule has 1 heterocycles. The van der Waals surface area contributed by atoms with Crippen molar-refractivity contribution in [3.8, 4) is 0 Å². The van der Waals surface area contributed by atoms with Gasteiger partial charge in [-0.25, -0.2) is 8.42 Å². The molecule has 0 aromatic carbocycles. The van der Waals surface area contributed by atoms with Crippen LogP contribution in [0.25, 0.3) is 0 Å². The maximum atomic E-state index is 12.3. The Bertz CT molecular complexity index is 505. The molecule has 5 nitrogen and oxygen atoms in total. The Kier molecular flexibility index (Phi) is 5.45. The first-order valence-corrected chi connectivity index (χ1v) is 10.1. The molecule has 1 amide bonds. The predicted molar refractivity (Wildman–Crippen MR) is 88.9 cm³/mol. The van der Waals surface area contributed by atoms with Crippen LogP contribution in [0.1, 0.15) is 44.9 Å². The maximum absolute atomic E-state index is 12.3. The van der Waals surface area contributed by atoms with Crippen molar-refractivity contribution >= 4 is 28.2 Å². The van der Waals surface area contributed by atoms with E-state index in [-0.39, 0.29) is 35.5 Å². The van der Waals surface area contributed by atoms with Gasteiger partial charge in [0.15, 0.2) is 0 Å². The summed E-state index contributed by atoms with van der Waals surface area (Å²) in [6, 6.07) is 0.438. The quantitative estimate of drug-likeness (QED) is 0.783. The predicted octanol–water partition coefficient (Wildman–Crippen LogP) is 1.27. The van der Waals surface area contributed by atoms with Gasteiger partial charge in [-0.15, -0.1) is 12.4 Å². The first-order chi connectivity index (χ1) is 9.87. The molecule has 3 unspecified atom stereocenters. The SMILES string of the molecule is CS(=O)(=O)CC1(CNC(=O)C2CC3CCCCC3N2)CC1.Cl. The topological polar surface area (TPSA) is 75.3 Å². The molecule has 128 valence electrons. The summed E-state index contributed by atoms with van der Waals surface area (Å²) in [5, 5.41) is 6.46. The van der Waals surface area contributed by atoms with Gasteiger partial charge in [0.2, 0.25) is 5.91 Å². The lowest BCUT2D eigenvalue weighted by atomic mass is 9.85. The van der Waals surface area contributed by atoms with E-state index in [0.29, 0.717) is 18.5 Å². The van der Waals surface area contributed by atoms with Crippen molar-refractivity contribution in [3.05, 3.63) is 0 Å². The zero-order valence-corrected chi connectivity index (χ0v) is 14.8. The van der Waals surface area contributed by atoms with Crippen LogP contribution in [0.5, 0.6) is 0 Å². The third-order valence-corrected chi connectivity index (χ3v) is 6.48. The largest absolute Gasteiger partial charge is 0.354 e. The Morgan fingerprint density at radius 1 is 1.27 bits per heavy atom. The highest BCUT2D eigenvalue weighted by Gasteiger charge is 2.46. The second kappa shape index (κ2) is 6.65. The minimum Gasteiger partial charge on any atom is -0.354 e. The molecule has 1 saturated heterocycles. The van der Waals surface area contributed by atoms with Crippen LogP contribution >= 0.6 is 12.4 Å². The zero-order chi connectivity index (χ0) is 15.1. The number of amides is 1. The highest BCUT2D eigenvalue weighted by atomic mass is 35.5. The van der Waals surface area contributed by atoms with E-state index in [1.54, 1.807) is 0 Å². The molecule has 0 spiro atoms. The summed E-state index contributed by atoms with van der Waals surface area (Å²) in [5.41, 5.74) is -0.186. The van der Waals surface area contributed by atoms with Crippen LogP contribution in [0.3, 0.4) is 0 Å². The summed E-state index contributed by atoms with van der Waals surface area (Å²) in [6.07, 6.45) is 9.00. The van der Waals surface area contributed by atoms with E-state index in [4.69, 9.17) is 0 Å². The monoisotopic (exact) mass is 350 g/mol. The first-order valence-electron chi connectivity index (χ1n) is 8.08. The van der Waals surface area contributed by atoms with Crippen molar-refractivity contribution in [1.29, 1.82) is 0 Å². The van der Waals surface area contributed by atoms with Crippen molar-refractivity contribution in [3.63, 3.8) is 0 Å². The third kappa shape index (κ3) is 4.36. The second-order valence-corrected chi connectivity index (χ2v) is 9.53. The molecule has 3 fully saturated rings. The standard InChI is InChI=1S/C15H26N2O3S.ClH/c1-21(19,20)10-15(6-7-15)9-16-14(18)13-8-11-4-2-3-5-12(11)17-13;/h11-13,17H,2-10H2,1H3,(H,16,18);1H. The molecular formula is C15H27ClN2O3S. The van der Waals surface area contributed by atoms with Crippen LogP contribution in [0.15, 0.2) is 0 Å². The molecule has 7 heteroatoms. The Balaban J connectivity index is 0.00000176. The van der Waals surface area contributed by atoms with Crippen molar-refractivity contribution in [2.24, 2.45) is 11.3 Å². The van der Waals surface area contributed by atoms with Crippen molar-refractivity contribution < 1.29 is 13.2 Å². The minimum atomic E-state index is -2.97. The summed E-state index contributed by atoms with van der Waals surface area (Å²) >= 11 is 0. The Hall–Kier alpha value is -0.330. The average Bonchev–Trinajstić information content (AvgIpc) is 3.01. The normalized spacial score (nSPS) is 32.7. The summed E-state index contributed by atoms with van der Waals surface area (Å²) in [5.74, 6) is 0.911. The van der Waals surface area contributed by atoms with Gasteiger partial charge in [-0.2, -0.15) is 0 Å². The van der Waals surface area contributed by atoms with Crippen molar-refractivity contribution in [2.75, 3.05) is 18.6 Å². The lowest BCUT2D eigenvalue weighted by Crippen LogP contribution is -2.45. The van der Waals surface area contributed by atoms with Gasteiger partial charge in [-0.1, -0.05) is 12.8 Å². The Morgan fingerprint density at radius 2 is 1.95 bits per heavy atom. The maximum Gasteiger partial charge on any atom is 0.237 e. The second-order valence-electron chi connectivity index (χ2n) is 7.39. The van der Waals surface area contributed by atoms with E-state index >= 15 is 0 Å². The summed E-state index contributed by atoms with van der Waals surface area (Å²) in [4.78, 5) is 12.3. The van der Waals surface area contributed by atoms with Crippen LogP contribution in [0.4, 0.5) is 0 Å². The Labute approximate surface area is 139 Å². The molecule has 0 radical (unpaired) electrons. The first kappa shape index (κ1) is 18.0. The van der Waals surface area contributed by atoms with Gasteiger partial charge in [-0.05, 0) is 38.0 Å². The van der Waals surface area contributed by atoms with Gasteiger partial charge in [0.05, 0.1) is 11.8 Å². The highest BCUT2D eigenvalue weighted by Crippen LogP contribution is 2.46. The van der Waals surface area contributed by atoms with E-state index < -0.39 is 9.84 Å². The summed E-state index contributed by atoms with van der Waals surface area (Å²) < 4.78 is 22.9. The van der Waals surface area contributed by atoms with Crippen molar-refractivity contribution in [2.45, 2.75) is 57.0 Å². The van der Waals surface area contributed by atoms with Gasteiger partial charge in [0, 0.05) is 24.3 Å². The fourth-order valence-electron chi connectivity index (χ4n) is 4.02. The molecule has 2 N–H and O–H groups in total. The number of nitrogens with one attached hydrogen (secondary N) is 2. The third-order valence-electron chi connectivity index (χ3n) is 5.34. The number of rotatable bonds is 5. The number of hydrogen-bond acceptors (Lipinski definition) is 4. The molecule has 2 saturated carbocycles. The minimum absolute atomic E-state index is 0. The van der Waals surface area contributed by atoms with Gasteiger partial charge in [0.25, 0.3) is 0 Å². The fraction of sp³-hybridized carbons (Fsp3) is 0.933. The van der Waals surface area contributed by atoms with E-state index in [1.807, 2.05) is 0 Å². The fourth-order valence-corrected chi connectivity index (χ4v) is 5.53. The van der Waals surface area contributed by atoms with E-state index in [0.717, 1.165) is 19.3 Å². The molecular weight excluding hydrogens is 324 g/mol. The number of carbonyl (C=O) groups excluding carboxylic acids is 1. The van der Waals surface area contributed by atoms with Crippen LogP contribution in [0.2, 0.25) is 0 Å². The smallest absolute Gasteiger partial charge is 0.237 e. The number of carbonyl (C=O) groups is 1. The van der Waals surface area contributed by atoms with E-state index in [2.05, 4.69) is 10.6 Å².